The molecule has 32 heavy (non-hydrogen) atoms. The van der Waals surface area contributed by atoms with Crippen LogP contribution in [0.5, 0.6) is 5.75 Å². The second-order valence-corrected chi connectivity index (χ2v) is 8.27. The molecule has 0 radical (unpaired) electrons. The summed E-state index contributed by atoms with van der Waals surface area (Å²) >= 11 is 0. The number of benzene rings is 2. The number of anilines is 2. The van der Waals surface area contributed by atoms with Gasteiger partial charge in [0.05, 0.1) is 0 Å². The number of rotatable bonds is 7. The van der Waals surface area contributed by atoms with Crippen molar-refractivity contribution in [3.8, 4) is 5.75 Å². The zero-order chi connectivity index (χ0) is 22.5. The Kier molecular flexibility index (Phi) is 6.69. The quantitative estimate of drug-likeness (QED) is 0.555. The van der Waals surface area contributed by atoms with Crippen LogP contribution in [0.3, 0.4) is 0 Å². The average molecular weight is 432 g/mol. The van der Waals surface area contributed by atoms with Crippen LogP contribution in [0.1, 0.15) is 44.6 Å². The molecule has 1 aliphatic rings. The van der Waals surface area contributed by atoms with Crippen molar-refractivity contribution < 1.29 is 14.3 Å². The molecule has 0 bridgehead atoms. The topological polar surface area (TPSA) is 71.5 Å². The molecule has 1 fully saturated rings. The van der Waals surface area contributed by atoms with E-state index in [2.05, 4.69) is 10.3 Å². The van der Waals surface area contributed by atoms with Gasteiger partial charge in [-0.15, -0.1) is 0 Å². The monoisotopic (exact) mass is 431 g/mol. The molecule has 1 saturated heterocycles. The molecule has 1 atom stereocenters. The zero-order valence-electron chi connectivity index (χ0n) is 18.6. The number of hydrogen-bond acceptors (Lipinski definition) is 4. The van der Waals surface area contributed by atoms with Gasteiger partial charge in [-0.1, -0.05) is 19.4 Å². The van der Waals surface area contributed by atoms with Gasteiger partial charge in [-0.05, 0) is 73.5 Å². The van der Waals surface area contributed by atoms with Crippen LogP contribution in [-0.4, -0.2) is 29.4 Å². The van der Waals surface area contributed by atoms with Crippen molar-refractivity contribution in [1.29, 1.82) is 0 Å². The van der Waals surface area contributed by atoms with Crippen LogP contribution in [0.15, 0.2) is 54.9 Å². The van der Waals surface area contributed by atoms with Gasteiger partial charge in [-0.3, -0.25) is 14.6 Å². The number of fused-ring (bicyclic) bond motifs is 1. The number of amides is 2. The Hall–Kier alpha value is -3.41. The van der Waals surface area contributed by atoms with Crippen molar-refractivity contribution in [3.63, 3.8) is 0 Å². The van der Waals surface area contributed by atoms with E-state index in [4.69, 9.17) is 4.74 Å². The smallest absolute Gasteiger partial charge is 0.265 e. The number of pyridine rings is 1. The first-order chi connectivity index (χ1) is 15.5. The minimum absolute atomic E-state index is 0.165. The highest BCUT2D eigenvalue weighted by Crippen LogP contribution is 2.28. The van der Waals surface area contributed by atoms with Gasteiger partial charge in [0.25, 0.3) is 5.91 Å². The number of aromatic nitrogens is 1. The van der Waals surface area contributed by atoms with E-state index < -0.39 is 6.10 Å². The Balaban J connectivity index is 1.47. The summed E-state index contributed by atoms with van der Waals surface area (Å²) in [5, 5.41) is 5.03. The highest BCUT2D eigenvalue weighted by Gasteiger charge is 2.23. The first kappa shape index (κ1) is 21.8. The Labute approximate surface area is 188 Å². The van der Waals surface area contributed by atoms with Gasteiger partial charge >= 0.3 is 0 Å². The molecule has 0 spiro atoms. The van der Waals surface area contributed by atoms with Gasteiger partial charge in [0, 0.05) is 42.1 Å². The van der Waals surface area contributed by atoms with Crippen molar-refractivity contribution in [1.82, 2.24) is 4.98 Å². The van der Waals surface area contributed by atoms with Gasteiger partial charge in [0.15, 0.2) is 6.10 Å². The molecule has 0 saturated carbocycles. The van der Waals surface area contributed by atoms with Gasteiger partial charge in [0.2, 0.25) is 5.91 Å². The Morgan fingerprint density at radius 3 is 2.81 bits per heavy atom. The van der Waals surface area contributed by atoms with Crippen LogP contribution < -0.4 is 15.0 Å². The second kappa shape index (κ2) is 9.81. The number of nitrogens with zero attached hydrogens (tertiary/aromatic N) is 2. The van der Waals surface area contributed by atoms with E-state index in [0.29, 0.717) is 24.3 Å². The number of nitrogens with one attached hydrogen (secondary N) is 1. The SMILES string of the molecule is CCCC(Oc1ccc2ccncc2c1)C(=O)Nc1ccc(N2CCCCC2=O)c(C)c1. The standard InChI is InChI=1S/C26H29N3O3/c1-3-6-24(32-22-10-8-19-12-13-27-17-20(19)16-22)26(31)28-21-9-11-23(18(2)15-21)29-14-5-4-7-25(29)30/h8-13,15-17,24H,3-7,14H2,1-2H3,(H,28,31). The van der Waals surface area contributed by atoms with Crippen LogP contribution in [0.25, 0.3) is 10.8 Å². The Morgan fingerprint density at radius 1 is 1.16 bits per heavy atom. The molecular formula is C26H29N3O3. The summed E-state index contributed by atoms with van der Waals surface area (Å²) in [6.07, 6.45) is 6.94. The lowest BCUT2D eigenvalue weighted by molar-refractivity contribution is -0.123. The van der Waals surface area contributed by atoms with Crippen molar-refractivity contribution in [2.75, 3.05) is 16.8 Å². The van der Waals surface area contributed by atoms with Gasteiger partial charge in [0.1, 0.15) is 5.75 Å². The van der Waals surface area contributed by atoms with Crippen LogP contribution >= 0.6 is 0 Å². The molecule has 4 rings (SSSR count). The number of ether oxygens (including phenoxy) is 1. The summed E-state index contributed by atoms with van der Waals surface area (Å²) in [5.74, 6) is 0.631. The number of hydrogen-bond donors (Lipinski definition) is 1. The molecule has 1 aromatic heterocycles. The van der Waals surface area contributed by atoms with Crippen LogP contribution in [-0.2, 0) is 9.59 Å². The number of carbonyl (C=O) groups excluding carboxylic acids is 2. The molecule has 2 aromatic carbocycles. The first-order valence-corrected chi connectivity index (χ1v) is 11.3. The molecular weight excluding hydrogens is 402 g/mol. The van der Waals surface area contributed by atoms with E-state index in [9.17, 15) is 9.59 Å². The highest BCUT2D eigenvalue weighted by molar-refractivity contribution is 5.97. The van der Waals surface area contributed by atoms with E-state index in [1.807, 2.05) is 61.2 Å². The fourth-order valence-corrected chi connectivity index (χ4v) is 4.13. The van der Waals surface area contributed by atoms with Crippen LogP contribution in [0, 0.1) is 6.92 Å². The van der Waals surface area contributed by atoms with Crippen molar-refractivity contribution in [3.05, 3.63) is 60.4 Å². The van der Waals surface area contributed by atoms with Gasteiger partial charge in [-0.25, -0.2) is 0 Å². The first-order valence-electron chi connectivity index (χ1n) is 11.3. The fraction of sp³-hybridized carbons (Fsp3) is 0.346. The lowest BCUT2D eigenvalue weighted by Crippen LogP contribution is -2.35. The summed E-state index contributed by atoms with van der Waals surface area (Å²) < 4.78 is 6.07. The molecule has 1 N–H and O–H groups in total. The lowest BCUT2D eigenvalue weighted by Gasteiger charge is -2.28. The maximum absolute atomic E-state index is 13.0. The normalized spacial score (nSPS) is 14.9. The fourth-order valence-electron chi connectivity index (χ4n) is 4.13. The zero-order valence-corrected chi connectivity index (χ0v) is 18.6. The minimum atomic E-state index is -0.599. The number of aryl methyl sites for hydroxylation is 1. The minimum Gasteiger partial charge on any atom is -0.481 e. The molecule has 0 aliphatic carbocycles. The van der Waals surface area contributed by atoms with E-state index >= 15 is 0 Å². The third-order valence-electron chi connectivity index (χ3n) is 5.81. The van der Waals surface area contributed by atoms with E-state index in [0.717, 1.165) is 47.8 Å². The summed E-state index contributed by atoms with van der Waals surface area (Å²) in [6.45, 7) is 4.75. The lowest BCUT2D eigenvalue weighted by atomic mass is 10.1. The number of piperidine rings is 1. The third-order valence-corrected chi connectivity index (χ3v) is 5.81. The number of carbonyl (C=O) groups is 2. The molecule has 166 valence electrons. The van der Waals surface area contributed by atoms with Crippen LogP contribution in [0.2, 0.25) is 0 Å². The van der Waals surface area contributed by atoms with Gasteiger partial charge < -0.3 is 15.0 Å². The van der Waals surface area contributed by atoms with Crippen LogP contribution in [0.4, 0.5) is 11.4 Å². The van der Waals surface area contributed by atoms with E-state index in [-0.39, 0.29) is 11.8 Å². The second-order valence-electron chi connectivity index (χ2n) is 8.27. The highest BCUT2D eigenvalue weighted by atomic mass is 16.5. The summed E-state index contributed by atoms with van der Waals surface area (Å²) in [7, 11) is 0. The van der Waals surface area contributed by atoms with E-state index in [1.165, 1.54) is 0 Å². The summed E-state index contributed by atoms with van der Waals surface area (Å²) in [4.78, 5) is 31.3. The predicted octanol–water partition coefficient (Wildman–Crippen LogP) is 5.25. The maximum Gasteiger partial charge on any atom is 0.265 e. The van der Waals surface area contributed by atoms with Crippen molar-refractivity contribution in [2.45, 2.75) is 52.1 Å². The molecule has 6 nitrogen and oxygen atoms in total. The Morgan fingerprint density at radius 2 is 2.03 bits per heavy atom. The summed E-state index contributed by atoms with van der Waals surface area (Å²) in [6, 6.07) is 13.4. The predicted molar refractivity (Wildman–Crippen MR) is 127 cm³/mol. The molecule has 1 unspecified atom stereocenters. The van der Waals surface area contributed by atoms with Crippen molar-refractivity contribution >= 4 is 34.0 Å². The molecule has 2 heterocycles. The Bertz CT molecular complexity index is 1130. The third kappa shape index (κ3) is 4.90. The summed E-state index contributed by atoms with van der Waals surface area (Å²) in [5.41, 5.74) is 2.58. The largest absolute Gasteiger partial charge is 0.481 e. The molecule has 6 heteroatoms. The van der Waals surface area contributed by atoms with Gasteiger partial charge in [-0.2, -0.15) is 0 Å². The maximum atomic E-state index is 13.0. The molecule has 3 aromatic rings. The molecule has 2 amide bonds. The molecule has 1 aliphatic heterocycles. The average Bonchev–Trinajstić information content (AvgIpc) is 2.79. The van der Waals surface area contributed by atoms with Crippen molar-refractivity contribution in [2.24, 2.45) is 0 Å². The van der Waals surface area contributed by atoms with E-state index in [1.54, 1.807) is 12.4 Å².